The number of para-hydroxylation sites is 1. The Hall–Kier alpha value is -3.22. The summed E-state index contributed by atoms with van der Waals surface area (Å²) in [7, 11) is 0. The number of benzene rings is 1. The van der Waals surface area contributed by atoms with Gasteiger partial charge in [0.15, 0.2) is 11.4 Å². The molecule has 0 fully saturated rings. The van der Waals surface area contributed by atoms with Crippen LogP contribution in [0.15, 0.2) is 36.7 Å². The number of ketones is 1. The number of anilines is 1. The van der Waals surface area contributed by atoms with Crippen molar-refractivity contribution in [2.75, 3.05) is 24.5 Å². The zero-order valence-electron chi connectivity index (χ0n) is 15.4. The molecule has 7 nitrogen and oxygen atoms in total. The number of amides is 1. The first kappa shape index (κ1) is 17.2. The van der Waals surface area contributed by atoms with E-state index in [1.54, 1.807) is 11.4 Å². The highest BCUT2D eigenvalue weighted by Crippen LogP contribution is 2.26. The van der Waals surface area contributed by atoms with Crippen molar-refractivity contribution >= 4 is 23.0 Å². The molecule has 1 aliphatic heterocycles. The summed E-state index contributed by atoms with van der Waals surface area (Å²) in [6, 6.07) is 8.37. The van der Waals surface area contributed by atoms with Gasteiger partial charge in [-0.15, -0.1) is 0 Å². The van der Waals surface area contributed by atoms with Gasteiger partial charge in [0.05, 0.1) is 17.5 Å². The van der Waals surface area contributed by atoms with Gasteiger partial charge in [-0.2, -0.15) is 5.10 Å². The number of nitrogens with one attached hydrogen (secondary N) is 1. The van der Waals surface area contributed by atoms with Crippen molar-refractivity contribution in [3.63, 3.8) is 0 Å². The van der Waals surface area contributed by atoms with Crippen molar-refractivity contribution in [1.29, 1.82) is 0 Å². The minimum atomic E-state index is -0.208. The Morgan fingerprint density at radius 3 is 2.81 bits per heavy atom. The quantitative estimate of drug-likeness (QED) is 0.702. The van der Waals surface area contributed by atoms with Gasteiger partial charge in [0.1, 0.15) is 5.56 Å². The molecule has 1 aromatic carbocycles. The average Bonchev–Trinajstić information content (AvgIpc) is 3.26. The van der Waals surface area contributed by atoms with Crippen LogP contribution in [0.2, 0.25) is 0 Å². The summed E-state index contributed by atoms with van der Waals surface area (Å²) < 4.78 is 1.54. The highest BCUT2D eigenvalue weighted by Gasteiger charge is 2.20. The standard InChI is InChI=1S/C20H21N5O2/c1-13-16(14(2)26)11-22-19-17(12-23-25(13)19)20(27)21-8-10-24-9-7-15-5-3-4-6-18(15)24/h3-6,11-12H,7-10H2,1-2H3,(H,21,27). The number of aryl methyl sites for hydroxylation is 1. The van der Waals surface area contributed by atoms with Crippen LogP contribution in [0.25, 0.3) is 5.65 Å². The minimum absolute atomic E-state index is 0.0747. The van der Waals surface area contributed by atoms with Gasteiger partial charge in [-0.25, -0.2) is 9.50 Å². The van der Waals surface area contributed by atoms with E-state index in [0.29, 0.717) is 29.0 Å². The molecule has 3 aromatic rings. The number of aromatic nitrogens is 3. The van der Waals surface area contributed by atoms with Crippen LogP contribution in [0.1, 0.15) is 38.9 Å². The van der Waals surface area contributed by atoms with E-state index < -0.39 is 0 Å². The second-order valence-electron chi connectivity index (χ2n) is 6.73. The first-order chi connectivity index (χ1) is 13.1. The summed E-state index contributed by atoms with van der Waals surface area (Å²) in [5, 5.41) is 7.18. The maximum absolute atomic E-state index is 12.6. The molecule has 0 bridgehead atoms. The maximum Gasteiger partial charge on any atom is 0.256 e. The number of fused-ring (bicyclic) bond motifs is 2. The molecule has 7 heteroatoms. The van der Waals surface area contributed by atoms with E-state index in [9.17, 15) is 9.59 Å². The molecule has 0 saturated carbocycles. The molecule has 1 N–H and O–H groups in total. The summed E-state index contributed by atoms with van der Waals surface area (Å²) >= 11 is 0. The third kappa shape index (κ3) is 3.05. The first-order valence-corrected chi connectivity index (χ1v) is 9.01. The molecule has 4 rings (SSSR count). The number of Topliss-reactive ketones (excluding diaryl/α,β-unsaturated/α-hetero) is 1. The normalized spacial score (nSPS) is 13.0. The van der Waals surface area contributed by atoms with Gasteiger partial charge in [0.2, 0.25) is 0 Å². The molecule has 138 valence electrons. The molecule has 1 amide bonds. The molecule has 2 aromatic heterocycles. The first-order valence-electron chi connectivity index (χ1n) is 9.01. The van der Waals surface area contributed by atoms with Crippen LogP contribution >= 0.6 is 0 Å². The minimum Gasteiger partial charge on any atom is -0.369 e. The number of hydrogen-bond donors (Lipinski definition) is 1. The van der Waals surface area contributed by atoms with Crippen molar-refractivity contribution in [2.45, 2.75) is 20.3 Å². The van der Waals surface area contributed by atoms with Crippen molar-refractivity contribution in [1.82, 2.24) is 19.9 Å². The fourth-order valence-corrected chi connectivity index (χ4v) is 3.59. The van der Waals surface area contributed by atoms with Crippen molar-refractivity contribution in [3.05, 3.63) is 59.0 Å². The molecule has 1 aliphatic rings. The van der Waals surface area contributed by atoms with E-state index in [1.807, 2.05) is 6.07 Å². The van der Waals surface area contributed by atoms with Gasteiger partial charge in [-0.1, -0.05) is 18.2 Å². The van der Waals surface area contributed by atoms with Gasteiger partial charge in [0, 0.05) is 31.5 Å². The van der Waals surface area contributed by atoms with Crippen LogP contribution in [0.4, 0.5) is 5.69 Å². The Labute approximate surface area is 157 Å². The molecule has 0 unspecified atom stereocenters. The predicted molar refractivity (Wildman–Crippen MR) is 102 cm³/mol. The van der Waals surface area contributed by atoms with E-state index >= 15 is 0 Å². The molecule has 0 spiro atoms. The number of hydrogen-bond acceptors (Lipinski definition) is 5. The highest BCUT2D eigenvalue weighted by molar-refractivity contribution is 6.00. The SMILES string of the molecule is CC(=O)c1cnc2c(C(=O)NCCN3CCc4ccccc43)cnn2c1C. The maximum atomic E-state index is 12.6. The molecule has 0 saturated heterocycles. The zero-order valence-corrected chi connectivity index (χ0v) is 15.4. The third-order valence-electron chi connectivity index (χ3n) is 5.04. The molecular weight excluding hydrogens is 342 g/mol. The van der Waals surface area contributed by atoms with Crippen molar-refractivity contribution in [2.24, 2.45) is 0 Å². The van der Waals surface area contributed by atoms with Crippen LogP contribution in [0.5, 0.6) is 0 Å². The van der Waals surface area contributed by atoms with Crippen molar-refractivity contribution in [3.8, 4) is 0 Å². The number of carbonyl (C=O) groups is 2. The van der Waals surface area contributed by atoms with Gasteiger partial charge in [-0.05, 0) is 31.9 Å². The van der Waals surface area contributed by atoms with Gasteiger partial charge in [0.25, 0.3) is 5.91 Å². The summed E-state index contributed by atoms with van der Waals surface area (Å²) in [5.41, 5.74) is 4.66. The Kier molecular flexibility index (Phi) is 4.35. The van der Waals surface area contributed by atoms with Crippen LogP contribution in [0.3, 0.4) is 0 Å². The topological polar surface area (TPSA) is 79.6 Å². The molecule has 3 heterocycles. The second-order valence-corrected chi connectivity index (χ2v) is 6.73. The number of rotatable bonds is 5. The Bertz CT molecular complexity index is 1040. The molecule has 0 atom stereocenters. The lowest BCUT2D eigenvalue weighted by Gasteiger charge is -2.19. The summed E-state index contributed by atoms with van der Waals surface area (Å²) in [6.45, 7) is 5.55. The number of nitrogens with zero attached hydrogens (tertiary/aromatic N) is 4. The summed E-state index contributed by atoms with van der Waals surface area (Å²) in [5.74, 6) is -0.283. The largest absolute Gasteiger partial charge is 0.369 e. The van der Waals surface area contributed by atoms with E-state index in [-0.39, 0.29) is 11.7 Å². The lowest BCUT2D eigenvalue weighted by Crippen LogP contribution is -2.34. The van der Waals surface area contributed by atoms with E-state index in [2.05, 4.69) is 38.5 Å². The van der Waals surface area contributed by atoms with Crippen LogP contribution in [-0.2, 0) is 6.42 Å². The average molecular weight is 363 g/mol. The third-order valence-corrected chi connectivity index (χ3v) is 5.04. The number of carbonyl (C=O) groups excluding carboxylic acids is 2. The molecule has 0 aliphatic carbocycles. The lowest BCUT2D eigenvalue weighted by molar-refractivity contribution is 0.0955. The monoisotopic (exact) mass is 363 g/mol. The van der Waals surface area contributed by atoms with E-state index in [4.69, 9.17) is 0 Å². The van der Waals surface area contributed by atoms with E-state index in [0.717, 1.165) is 19.5 Å². The van der Waals surface area contributed by atoms with E-state index in [1.165, 1.54) is 30.6 Å². The highest BCUT2D eigenvalue weighted by atomic mass is 16.1. The smallest absolute Gasteiger partial charge is 0.256 e. The predicted octanol–water partition coefficient (Wildman–Crippen LogP) is 2.03. The second kappa shape index (κ2) is 6.83. The van der Waals surface area contributed by atoms with Crippen molar-refractivity contribution < 1.29 is 9.59 Å². The van der Waals surface area contributed by atoms with Crippen LogP contribution in [-0.4, -0.2) is 45.9 Å². The fourth-order valence-electron chi connectivity index (χ4n) is 3.59. The fraction of sp³-hybridized carbons (Fsp3) is 0.300. The Balaban J connectivity index is 1.45. The van der Waals surface area contributed by atoms with Crippen LogP contribution < -0.4 is 10.2 Å². The van der Waals surface area contributed by atoms with Gasteiger partial charge in [-0.3, -0.25) is 9.59 Å². The summed E-state index contributed by atoms with van der Waals surface area (Å²) in [6.07, 6.45) is 4.05. The zero-order chi connectivity index (χ0) is 19.0. The Morgan fingerprint density at radius 1 is 1.19 bits per heavy atom. The lowest BCUT2D eigenvalue weighted by atomic mass is 10.2. The molecule has 0 radical (unpaired) electrons. The Morgan fingerprint density at radius 2 is 2.00 bits per heavy atom. The molecular formula is C20H21N5O2. The van der Waals surface area contributed by atoms with Crippen LogP contribution in [0, 0.1) is 6.92 Å². The van der Waals surface area contributed by atoms with Gasteiger partial charge >= 0.3 is 0 Å². The van der Waals surface area contributed by atoms with Gasteiger partial charge < -0.3 is 10.2 Å². The summed E-state index contributed by atoms with van der Waals surface area (Å²) in [4.78, 5) is 30.8. The molecule has 27 heavy (non-hydrogen) atoms.